The molecule has 2 amide bonds. The van der Waals surface area contributed by atoms with Crippen LogP contribution in [0.1, 0.15) is 24.5 Å². The van der Waals surface area contributed by atoms with E-state index in [-0.39, 0.29) is 30.5 Å². The molecule has 28 heavy (non-hydrogen) atoms. The number of rotatable bonds is 6. The molecule has 0 radical (unpaired) electrons. The molecule has 0 atom stereocenters. The Morgan fingerprint density at radius 2 is 1.86 bits per heavy atom. The van der Waals surface area contributed by atoms with E-state index in [0.717, 1.165) is 12.0 Å². The summed E-state index contributed by atoms with van der Waals surface area (Å²) in [5.41, 5.74) is 2.77. The molecule has 7 heteroatoms. The van der Waals surface area contributed by atoms with E-state index in [2.05, 4.69) is 12.2 Å². The van der Waals surface area contributed by atoms with Gasteiger partial charge in [0.15, 0.2) is 0 Å². The van der Waals surface area contributed by atoms with Crippen LogP contribution in [0.25, 0.3) is 6.08 Å². The van der Waals surface area contributed by atoms with Crippen LogP contribution in [0, 0.1) is 0 Å². The van der Waals surface area contributed by atoms with Gasteiger partial charge in [0.2, 0.25) is 5.91 Å². The molecule has 0 saturated carbocycles. The molecular formula is C21H20N2O3S2. The number of thioether (sulfide) groups is 1. The molecular weight excluding hydrogens is 392 g/mol. The summed E-state index contributed by atoms with van der Waals surface area (Å²) in [7, 11) is 0. The lowest BCUT2D eigenvalue weighted by molar-refractivity contribution is -0.122. The van der Waals surface area contributed by atoms with Crippen LogP contribution < -0.4 is 5.32 Å². The third kappa shape index (κ3) is 4.99. The van der Waals surface area contributed by atoms with Crippen molar-refractivity contribution in [1.29, 1.82) is 0 Å². The van der Waals surface area contributed by atoms with Crippen molar-refractivity contribution in [3.63, 3.8) is 0 Å². The van der Waals surface area contributed by atoms with Crippen LogP contribution in [0.5, 0.6) is 5.75 Å². The van der Waals surface area contributed by atoms with E-state index in [1.165, 1.54) is 34.4 Å². The van der Waals surface area contributed by atoms with E-state index >= 15 is 0 Å². The number of thiocarbonyl (C=S) groups is 1. The fourth-order valence-electron chi connectivity index (χ4n) is 2.68. The molecule has 1 saturated heterocycles. The van der Waals surface area contributed by atoms with Crippen LogP contribution in [0.2, 0.25) is 0 Å². The highest BCUT2D eigenvalue weighted by molar-refractivity contribution is 8.26. The number of nitrogens with zero attached hydrogens (tertiary/aromatic N) is 1. The maximum atomic E-state index is 12.6. The lowest BCUT2D eigenvalue weighted by atomic mass is 10.1. The number of aromatic hydroxyl groups is 1. The SMILES string of the molecule is CCc1ccc(/C=C2\SC(=S)N(CCC(=O)Nc3ccc(O)cc3)C2=O)cc1. The van der Waals surface area contributed by atoms with Crippen molar-refractivity contribution in [3.05, 3.63) is 64.6 Å². The van der Waals surface area contributed by atoms with Crippen molar-refractivity contribution in [1.82, 2.24) is 4.90 Å². The molecule has 0 bridgehead atoms. The van der Waals surface area contributed by atoms with Crippen molar-refractivity contribution in [2.75, 3.05) is 11.9 Å². The largest absolute Gasteiger partial charge is 0.508 e. The summed E-state index contributed by atoms with van der Waals surface area (Å²) in [6.07, 6.45) is 2.93. The lowest BCUT2D eigenvalue weighted by Crippen LogP contribution is -2.31. The summed E-state index contributed by atoms with van der Waals surface area (Å²) < 4.78 is 0.457. The minimum atomic E-state index is -0.223. The van der Waals surface area contributed by atoms with Gasteiger partial charge in [0.25, 0.3) is 5.91 Å². The third-order valence-electron chi connectivity index (χ3n) is 4.27. The van der Waals surface area contributed by atoms with Crippen molar-refractivity contribution >= 4 is 51.9 Å². The van der Waals surface area contributed by atoms with Crippen LogP contribution in [-0.2, 0) is 16.0 Å². The first-order valence-corrected chi connectivity index (χ1v) is 10.1. The summed E-state index contributed by atoms with van der Waals surface area (Å²) in [5, 5.41) is 12.0. The molecule has 0 spiro atoms. The smallest absolute Gasteiger partial charge is 0.266 e. The average molecular weight is 413 g/mol. The maximum absolute atomic E-state index is 12.6. The van der Waals surface area contributed by atoms with Crippen molar-refractivity contribution in [2.24, 2.45) is 0 Å². The number of amides is 2. The Hall–Kier alpha value is -2.64. The molecule has 1 fully saturated rings. The van der Waals surface area contributed by atoms with E-state index in [1.54, 1.807) is 12.1 Å². The predicted octanol–water partition coefficient (Wildman–Crippen LogP) is 4.18. The number of hydrogen-bond acceptors (Lipinski definition) is 5. The number of benzene rings is 2. The Balaban J connectivity index is 1.59. The standard InChI is InChI=1S/C21H20N2O3S2/c1-2-14-3-5-15(6-4-14)13-18-20(26)23(21(27)28-18)12-11-19(25)22-16-7-9-17(24)10-8-16/h3-10,13,24H,2,11-12H2,1H3,(H,22,25)/b18-13-. The minimum Gasteiger partial charge on any atom is -0.508 e. The van der Waals surface area contributed by atoms with Gasteiger partial charge in [0.1, 0.15) is 10.1 Å². The topological polar surface area (TPSA) is 69.6 Å². The minimum absolute atomic E-state index is 0.131. The van der Waals surface area contributed by atoms with E-state index in [4.69, 9.17) is 12.2 Å². The highest BCUT2D eigenvalue weighted by atomic mass is 32.2. The van der Waals surface area contributed by atoms with Crippen LogP contribution in [0.15, 0.2) is 53.4 Å². The molecule has 2 N–H and O–H groups in total. The van der Waals surface area contributed by atoms with Crippen LogP contribution in [0.4, 0.5) is 5.69 Å². The van der Waals surface area contributed by atoms with Crippen LogP contribution in [-0.4, -0.2) is 32.7 Å². The highest BCUT2D eigenvalue weighted by Crippen LogP contribution is 2.32. The Labute approximate surface area is 173 Å². The van der Waals surface area contributed by atoms with Gasteiger partial charge in [-0.25, -0.2) is 0 Å². The van der Waals surface area contributed by atoms with Gasteiger partial charge in [-0.15, -0.1) is 0 Å². The highest BCUT2D eigenvalue weighted by Gasteiger charge is 2.32. The van der Waals surface area contributed by atoms with Crippen molar-refractivity contribution in [3.8, 4) is 5.75 Å². The molecule has 1 aliphatic heterocycles. The number of carbonyl (C=O) groups excluding carboxylic acids is 2. The number of carbonyl (C=O) groups is 2. The second-order valence-corrected chi connectivity index (χ2v) is 7.95. The molecule has 0 unspecified atom stereocenters. The quantitative estimate of drug-likeness (QED) is 0.423. The van der Waals surface area contributed by atoms with Crippen LogP contribution in [0.3, 0.4) is 0 Å². The fourth-order valence-corrected chi connectivity index (χ4v) is 3.98. The number of phenols is 1. The predicted molar refractivity (Wildman–Crippen MR) is 117 cm³/mol. The Bertz CT molecular complexity index is 922. The zero-order valence-corrected chi connectivity index (χ0v) is 17.0. The molecule has 2 aromatic carbocycles. The van der Waals surface area contributed by atoms with E-state index in [9.17, 15) is 14.7 Å². The number of hydrogen-bond donors (Lipinski definition) is 2. The van der Waals surface area contributed by atoms with Gasteiger partial charge >= 0.3 is 0 Å². The molecule has 2 aromatic rings. The maximum Gasteiger partial charge on any atom is 0.266 e. The summed E-state index contributed by atoms with van der Waals surface area (Å²) in [6, 6.07) is 14.3. The Kier molecular flexibility index (Phi) is 6.49. The van der Waals surface area contributed by atoms with E-state index in [1.807, 2.05) is 30.3 Å². The molecule has 5 nitrogen and oxygen atoms in total. The van der Waals surface area contributed by atoms with Gasteiger partial charge in [-0.05, 0) is 47.9 Å². The Morgan fingerprint density at radius 3 is 2.50 bits per heavy atom. The lowest BCUT2D eigenvalue weighted by Gasteiger charge is -2.14. The van der Waals surface area contributed by atoms with Crippen LogP contribution >= 0.6 is 24.0 Å². The molecule has 144 valence electrons. The first kappa shape index (κ1) is 20.1. The van der Waals surface area contributed by atoms with Crippen molar-refractivity contribution < 1.29 is 14.7 Å². The summed E-state index contributed by atoms with van der Waals surface area (Å²) in [6.45, 7) is 2.32. The molecule has 3 rings (SSSR count). The third-order valence-corrected chi connectivity index (χ3v) is 5.65. The molecule has 1 aliphatic rings. The number of nitrogens with one attached hydrogen (secondary N) is 1. The van der Waals surface area contributed by atoms with E-state index < -0.39 is 0 Å². The van der Waals surface area contributed by atoms with Gasteiger partial charge in [0, 0.05) is 18.7 Å². The normalized spacial score (nSPS) is 15.3. The van der Waals surface area contributed by atoms with Crippen molar-refractivity contribution in [2.45, 2.75) is 19.8 Å². The van der Waals surface area contributed by atoms with Gasteiger partial charge in [-0.1, -0.05) is 55.2 Å². The zero-order chi connectivity index (χ0) is 20.1. The monoisotopic (exact) mass is 412 g/mol. The number of phenolic OH excluding ortho intramolecular Hbond substituents is 1. The average Bonchev–Trinajstić information content (AvgIpc) is 2.95. The van der Waals surface area contributed by atoms with Gasteiger partial charge < -0.3 is 10.4 Å². The first-order chi connectivity index (χ1) is 13.5. The molecule has 0 aliphatic carbocycles. The zero-order valence-electron chi connectivity index (χ0n) is 15.3. The number of anilines is 1. The summed E-state index contributed by atoms with van der Waals surface area (Å²) in [5.74, 6) is -0.266. The summed E-state index contributed by atoms with van der Waals surface area (Å²) in [4.78, 5) is 26.8. The first-order valence-electron chi connectivity index (χ1n) is 8.89. The van der Waals surface area contributed by atoms with Gasteiger partial charge in [0.05, 0.1) is 4.91 Å². The fraction of sp³-hybridized carbons (Fsp3) is 0.190. The molecule has 1 heterocycles. The second-order valence-electron chi connectivity index (χ2n) is 6.27. The van der Waals surface area contributed by atoms with Gasteiger partial charge in [-0.3, -0.25) is 14.5 Å². The van der Waals surface area contributed by atoms with E-state index in [0.29, 0.717) is 14.9 Å². The number of aryl methyl sites for hydroxylation is 1. The van der Waals surface area contributed by atoms with Gasteiger partial charge in [-0.2, -0.15) is 0 Å². The summed E-state index contributed by atoms with van der Waals surface area (Å²) >= 11 is 6.57. The Morgan fingerprint density at radius 1 is 1.18 bits per heavy atom. The molecule has 0 aromatic heterocycles. The second kappa shape index (κ2) is 9.03.